The summed E-state index contributed by atoms with van der Waals surface area (Å²) in [4.78, 5) is 12.6. The number of amides is 1. The maximum absolute atomic E-state index is 11.9. The number of carbonyl (C=O) groups excluding carboxylic acids is 1. The summed E-state index contributed by atoms with van der Waals surface area (Å²) in [7, 11) is 0. The largest absolute Gasteiger partial charge is 0.348 e. The van der Waals surface area contributed by atoms with E-state index in [1.165, 1.54) is 0 Å². The Morgan fingerprint density at radius 3 is 2.35 bits per heavy atom. The SMILES string of the molecule is O=C(NCc1ccccc1)c1ccccc1S. The zero-order valence-corrected chi connectivity index (χ0v) is 10.2. The summed E-state index contributed by atoms with van der Waals surface area (Å²) in [5, 5.41) is 2.87. The maximum Gasteiger partial charge on any atom is 0.252 e. The second kappa shape index (κ2) is 5.55. The zero-order valence-electron chi connectivity index (χ0n) is 9.26. The monoisotopic (exact) mass is 243 g/mol. The van der Waals surface area contributed by atoms with E-state index in [0.717, 1.165) is 5.56 Å². The van der Waals surface area contributed by atoms with Crippen LogP contribution in [-0.4, -0.2) is 5.91 Å². The van der Waals surface area contributed by atoms with E-state index in [-0.39, 0.29) is 5.91 Å². The van der Waals surface area contributed by atoms with Crippen LogP contribution in [0, 0.1) is 0 Å². The van der Waals surface area contributed by atoms with Crippen LogP contribution in [0.25, 0.3) is 0 Å². The van der Waals surface area contributed by atoms with Gasteiger partial charge in [0, 0.05) is 11.4 Å². The standard InChI is InChI=1S/C14H13NOS/c16-14(12-8-4-5-9-13(12)17)15-10-11-6-2-1-3-7-11/h1-9,17H,10H2,(H,15,16). The lowest BCUT2D eigenvalue weighted by atomic mass is 10.2. The third-order valence-corrected chi connectivity index (χ3v) is 2.83. The Morgan fingerprint density at radius 1 is 1.00 bits per heavy atom. The number of carbonyl (C=O) groups is 1. The number of hydrogen-bond acceptors (Lipinski definition) is 2. The molecule has 17 heavy (non-hydrogen) atoms. The Morgan fingerprint density at radius 2 is 1.65 bits per heavy atom. The zero-order chi connectivity index (χ0) is 12.1. The smallest absolute Gasteiger partial charge is 0.252 e. The summed E-state index contributed by atoms with van der Waals surface area (Å²) in [5.74, 6) is -0.0977. The van der Waals surface area contributed by atoms with Crippen LogP contribution in [0.15, 0.2) is 59.5 Å². The van der Waals surface area contributed by atoms with Crippen LogP contribution in [0.1, 0.15) is 15.9 Å². The molecule has 3 heteroatoms. The van der Waals surface area contributed by atoms with Crippen LogP contribution < -0.4 is 5.32 Å². The van der Waals surface area contributed by atoms with Crippen LogP contribution in [0.3, 0.4) is 0 Å². The summed E-state index contributed by atoms with van der Waals surface area (Å²) in [6, 6.07) is 17.1. The highest BCUT2D eigenvalue weighted by molar-refractivity contribution is 7.80. The van der Waals surface area contributed by atoms with Crippen molar-refractivity contribution < 1.29 is 4.79 Å². The Hall–Kier alpha value is -1.74. The van der Waals surface area contributed by atoms with Crippen molar-refractivity contribution in [2.45, 2.75) is 11.4 Å². The van der Waals surface area contributed by atoms with Gasteiger partial charge in [-0.15, -0.1) is 12.6 Å². The first-order chi connectivity index (χ1) is 8.27. The minimum atomic E-state index is -0.0977. The molecular weight excluding hydrogens is 230 g/mol. The van der Waals surface area contributed by atoms with Crippen molar-refractivity contribution in [3.05, 3.63) is 65.7 Å². The van der Waals surface area contributed by atoms with Gasteiger partial charge in [-0.05, 0) is 17.7 Å². The summed E-state index contributed by atoms with van der Waals surface area (Å²) in [6.45, 7) is 0.530. The highest BCUT2D eigenvalue weighted by atomic mass is 32.1. The molecule has 0 atom stereocenters. The second-order valence-corrected chi connectivity index (χ2v) is 4.17. The fourth-order valence-electron chi connectivity index (χ4n) is 1.54. The summed E-state index contributed by atoms with van der Waals surface area (Å²) >= 11 is 4.26. The molecular formula is C14H13NOS. The molecule has 2 aromatic carbocycles. The first-order valence-electron chi connectivity index (χ1n) is 5.37. The molecule has 0 aliphatic heterocycles. The van der Waals surface area contributed by atoms with Crippen molar-refractivity contribution in [1.82, 2.24) is 5.32 Å². The Labute approximate surface area is 106 Å². The lowest BCUT2D eigenvalue weighted by Gasteiger charge is -2.06. The fraction of sp³-hybridized carbons (Fsp3) is 0.0714. The van der Waals surface area contributed by atoms with E-state index in [1.807, 2.05) is 42.5 Å². The van der Waals surface area contributed by atoms with Crippen LogP contribution in [0.5, 0.6) is 0 Å². The molecule has 0 spiro atoms. The Bertz CT molecular complexity index is 511. The third-order valence-electron chi connectivity index (χ3n) is 2.44. The van der Waals surface area contributed by atoms with Crippen LogP contribution >= 0.6 is 12.6 Å². The first-order valence-corrected chi connectivity index (χ1v) is 5.82. The first kappa shape index (κ1) is 11.7. The minimum absolute atomic E-state index is 0.0977. The van der Waals surface area contributed by atoms with Gasteiger partial charge in [-0.2, -0.15) is 0 Å². The van der Waals surface area contributed by atoms with Crippen molar-refractivity contribution >= 4 is 18.5 Å². The van der Waals surface area contributed by atoms with Crippen LogP contribution in [-0.2, 0) is 6.54 Å². The van der Waals surface area contributed by atoms with Gasteiger partial charge in [-0.3, -0.25) is 4.79 Å². The van der Waals surface area contributed by atoms with Gasteiger partial charge in [0.15, 0.2) is 0 Å². The number of hydrogen-bond donors (Lipinski definition) is 2. The van der Waals surface area contributed by atoms with Crippen molar-refractivity contribution in [3.8, 4) is 0 Å². The van der Waals surface area contributed by atoms with Crippen molar-refractivity contribution in [3.63, 3.8) is 0 Å². The van der Waals surface area contributed by atoms with Gasteiger partial charge in [-0.1, -0.05) is 42.5 Å². The molecule has 0 bridgehead atoms. The van der Waals surface area contributed by atoms with E-state index >= 15 is 0 Å². The number of benzene rings is 2. The molecule has 2 nitrogen and oxygen atoms in total. The van der Waals surface area contributed by atoms with E-state index in [1.54, 1.807) is 12.1 Å². The molecule has 0 fully saturated rings. The molecule has 0 aliphatic rings. The molecule has 0 saturated carbocycles. The maximum atomic E-state index is 11.9. The van der Waals surface area contributed by atoms with Gasteiger partial charge in [0.05, 0.1) is 5.56 Å². The topological polar surface area (TPSA) is 29.1 Å². The second-order valence-electron chi connectivity index (χ2n) is 3.69. The summed E-state index contributed by atoms with van der Waals surface area (Å²) in [5.41, 5.74) is 1.68. The molecule has 0 aliphatic carbocycles. The average molecular weight is 243 g/mol. The molecule has 2 rings (SSSR count). The molecule has 2 aromatic rings. The van der Waals surface area contributed by atoms with E-state index in [0.29, 0.717) is 17.0 Å². The average Bonchev–Trinajstić information content (AvgIpc) is 2.38. The highest BCUT2D eigenvalue weighted by Gasteiger charge is 2.07. The minimum Gasteiger partial charge on any atom is -0.348 e. The van der Waals surface area contributed by atoms with Gasteiger partial charge >= 0.3 is 0 Å². The summed E-state index contributed by atoms with van der Waals surface area (Å²) < 4.78 is 0. The van der Waals surface area contributed by atoms with E-state index in [9.17, 15) is 4.79 Å². The van der Waals surface area contributed by atoms with Crippen LogP contribution in [0.4, 0.5) is 0 Å². The van der Waals surface area contributed by atoms with Crippen molar-refractivity contribution in [2.75, 3.05) is 0 Å². The molecule has 0 unspecified atom stereocenters. The van der Waals surface area contributed by atoms with Crippen molar-refractivity contribution in [1.29, 1.82) is 0 Å². The molecule has 0 heterocycles. The number of thiol groups is 1. The fourth-order valence-corrected chi connectivity index (χ4v) is 1.80. The highest BCUT2D eigenvalue weighted by Crippen LogP contribution is 2.12. The Balaban J connectivity index is 2.01. The van der Waals surface area contributed by atoms with E-state index < -0.39 is 0 Å². The molecule has 1 N–H and O–H groups in total. The van der Waals surface area contributed by atoms with Crippen LogP contribution in [0.2, 0.25) is 0 Å². The van der Waals surface area contributed by atoms with Crippen molar-refractivity contribution in [2.24, 2.45) is 0 Å². The van der Waals surface area contributed by atoms with Gasteiger partial charge in [0.2, 0.25) is 0 Å². The quantitative estimate of drug-likeness (QED) is 0.797. The molecule has 0 saturated heterocycles. The third kappa shape index (κ3) is 3.11. The predicted molar refractivity (Wildman–Crippen MR) is 71.3 cm³/mol. The molecule has 86 valence electrons. The van der Waals surface area contributed by atoms with E-state index in [4.69, 9.17) is 0 Å². The Kier molecular flexibility index (Phi) is 3.83. The van der Waals surface area contributed by atoms with Gasteiger partial charge in [0.1, 0.15) is 0 Å². The van der Waals surface area contributed by atoms with Gasteiger partial charge < -0.3 is 5.32 Å². The molecule has 1 amide bonds. The van der Waals surface area contributed by atoms with Gasteiger partial charge in [-0.25, -0.2) is 0 Å². The number of rotatable bonds is 3. The summed E-state index contributed by atoms with van der Waals surface area (Å²) in [6.07, 6.45) is 0. The lowest BCUT2D eigenvalue weighted by molar-refractivity contribution is 0.0948. The van der Waals surface area contributed by atoms with E-state index in [2.05, 4.69) is 17.9 Å². The lowest BCUT2D eigenvalue weighted by Crippen LogP contribution is -2.23. The normalized spacial score (nSPS) is 9.94. The van der Waals surface area contributed by atoms with Gasteiger partial charge in [0.25, 0.3) is 5.91 Å². The number of nitrogens with one attached hydrogen (secondary N) is 1. The molecule has 0 aromatic heterocycles. The molecule has 0 radical (unpaired) electrons. The predicted octanol–water partition coefficient (Wildman–Crippen LogP) is 2.91.